The monoisotopic (exact) mass is 312 g/mol. The number of carbonyl (C=O) groups is 1. The molecule has 1 amide bonds. The molecule has 5 nitrogen and oxygen atoms in total. The smallest absolute Gasteiger partial charge is 0.272 e. The highest BCUT2D eigenvalue weighted by Crippen LogP contribution is 2.28. The molecule has 3 rings (SSSR count). The topological polar surface area (TPSA) is 51.0 Å². The zero-order valence-electron chi connectivity index (χ0n) is 13.9. The molecule has 0 atom stereocenters. The van der Waals surface area contributed by atoms with E-state index in [-0.39, 0.29) is 5.91 Å². The van der Waals surface area contributed by atoms with E-state index in [1.54, 1.807) is 6.20 Å². The first-order valence-electron chi connectivity index (χ1n) is 8.47. The molecule has 0 N–H and O–H groups in total. The molecule has 0 saturated carbocycles. The lowest BCUT2D eigenvalue weighted by molar-refractivity contribution is 0.0707. The Bertz CT molecular complexity index is 671. The van der Waals surface area contributed by atoms with Crippen molar-refractivity contribution in [2.75, 3.05) is 13.1 Å². The van der Waals surface area contributed by atoms with Gasteiger partial charge in [-0.25, -0.2) is 0 Å². The molecular weight excluding hydrogens is 288 g/mol. The summed E-state index contributed by atoms with van der Waals surface area (Å²) >= 11 is 0. The van der Waals surface area contributed by atoms with Gasteiger partial charge in [0.05, 0.1) is 6.20 Å². The highest BCUT2D eigenvalue weighted by Gasteiger charge is 2.25. The standard InChI is InChI=1S/C18H24N4O/c1-3-14-5-8-19-17(11-14)18(23)21-9-6-15(7-10-21)16-12-20-22(4-2)13-16/h5,8,11-13,15H,3-4,6-7,9-10H2,1-2H3. The number of nitrogens with zero attached hydrogens (tertiary/aromatic N) is 4. The van der Waals surface area contributed by atoms with E-state index in [9.17, 15) is 4.79 Å². The lowest BCUT2D eigenvalue weighted by atomic mass is 9.91. The van der Waals surface area contributed by atoms with Crippen LogP contribution in [0.5, 0.6) is 0 Å². The van der Waals surface area contributed by atoms with Crippen LogP contribution in [0.25, 0.3) is 0 Å². The fraction of sp³-hybridized carbons (Fsp3) is 0.500. The van der Waals surface area contributed by atoms with Crippen LogP contribution in [-0.2, 0) is 13.0 Å². The second-order valence-electron chi connectivity index (χ2n) is 6.10. The van der Waals surface area contributed by atoms with Crippen LogP contribution in [0.2, 0.25) is 0 Å². The highest BCUT2D eigenvalue weighted by molar-refractivity contribution is 5.92. The third-order valence-corrected chi connectivity index (χ3v) is 4.68. The normalized spacial score (nSPS) is 15.8. The Morgan fingerprint density at radius 3 is 2.74 bits per heavy atom. The largest absolute Gasteiger partial charge is 0.337 e. The minimum Gasteiger partial charge on any atom is -0.337 e. The molecule has 0 unspecified atom stereocenters. The van der Waals surface area contributed by atoms with E-state index < -0.39 is 0 Å². The van der Waals surface area contributed by atoms with E-state index in [0.29, 0.717) is 11.6 Å². The first-order valence-corrected chi connectivity index (χ1v) is 8.47. The maximum absolute atomic E-state index is 12.6. The number of likely N-dealkylation sites (tertiary alicyclic amines) is 1. The number of piperidine rings is 1. The quantitative estimate of drug-likeness (QED) is 0.872. The molecule has 1 aliphatic heterocycles. The van der Waals surface area contributed by atoms with Crippen molar-refractivity contribution in [3.05, 3.63) is 47.5 Å². The first-order chi connectivity index (χ1) is 11.2. The minimum atomic E-state index is 0.0583. The van der Waals surface area contributed by atoms with Crippen LogP contribution in [0.3, 0.4) is 0 Å². The average molecular weight is 312 g/mol. The van der Waals surface area contributed by atoms with Gasteiger partial charge in [-0.05, 0) is 55.4 Å². The zero-order chi connectivity index (χ0) is 16.2. The van der Waals surface area contributed by atoms with Gasteiger partial charge in [-0.1, -0.05) is 6.92 Å². The summed E-state index contributed by atoms with van der Waals surface area (Å²) in [6.45, 7) is 6.66. The van der Waals surface area contributed by atoms with Crippen molar-refractivity contribution in [1.82, 2.24) is 19.7 Å². The van der Waals surface area contributed by atoms with Crippen LogP contribution in [0.1, 0.15) is 54.2 Å². The summed E-state index contributed by atoms with van der Waals surface area (Å²) in [5.41, 5.74) is 3.02. The molecule has 2 aromatic rings. The molecule has 0 aromatic carbocycles. The Balaban J connectivity index is 1.62. The van der Waals surface area contributed by atoms with Gasteiger partial charge in [0.1, 0.15) is 5.69 Å². The Labute approximate surface area is 137 Å². The summed E-state index contributed by atoms with van der Waals surface area (Å²) in [4.78, 5) is 18.8. The molecule has 0 aliphatic carbocycles. The van der Waals surface area contributed by atoms with E-state index in [2.05, 4.69) is 30.1 Å². The van der Waals surface area contributed by atoms with E-state index in [1.165, 1.54) is 5.56 Å². The van der Waals surface area contributed by atoms with Crippen LogP contribution in [0.4, 0.5) is 0 Å². The second kappa shape index (κ2) is 6.94. The van der Waals surface area contributed by atoms with Crippen molar-refractivity contribution < 1.29 is 4.79 Å². The number of carbonyl (C=O) groups excluding carboxylic acids is 1. The van der Waals surface area contributed by atoms with Gasteiger partial charge in [-0.2, -0.15) is 5.10 Å². The Hall–Kier alpha value is -2.17. The van der Waals surface area contributed by atoms with Gasteiger partial charge in [0, 0.05) is 32.0 Å². The fourth-order valence-corrected chi connectivity index (χ4v) is 3.15. The minimum absolute atomic E-state index is 0.0583. The van der Waals surface area contributed by atoms with E-state index >= 15 is 0 Å². The molecule has 1 aliphatic rings. The zero-order valence-corrected chi connectivity index (χ0v) is 13.9. The predicted molar refractivity (Wildman–Crippen MR) is 89.4 cm³/mol. The molecule has 1 saturated heterocycles. The van der Waals surface area contributed by atoms with Gasteiger partial charge in [-0.15, -0.1) is 0 Å². The molecule has 1 fully saturated rings. The van der Waals surface area contributed by atoms with E-state index in [4.69, 9.17) is 0 Å². The number of rotatable bonds is 4. The van der Waals surface area contributed by atoms with Gasteiger partial charge in [0.2, 0.25) is 0 Å². The van der Waals surface area contributed by atoms with Crippen LogP contribution in [-0.4, -0.2) is 38.7 Å². The molecule has 3 heterocycles. The third kappa shape index (κ3) is 3.44. The lowest BCUT2D eigenvalue weighted by Crippen LogP contribution is -2.38. The van der Waals surface area contributed by atoms with Crippen LogP contribution < -0.4 is 0 Å². The van der Waals surface area contributed by atoms with Crippen molar-refractivity contribution >= 4 is 5.91 Å². The molecule has 2 aromatic heterocycles. The number of aryl methyl sites for hydroxylation is 2. The summed E-state index contributed by atoms with van der Waals surface area (Å²) in [5, 5.41) is 4.36. The first kappa shape index (κ1) is 15.7. The van der Waals surface area contributed by atoms with Crippen LogP contribution in [0.15, 0.2) is 30.7 Å². The number of amides is 1. The molecule has 5 heteroatoms. The fourth-order valence-electron chi connectivity index (χ4n) is 3.15. The number of aromatic nitrogens is 3. The van der Waals surface area contributed by atoms with Crippen molar-refractivity contribution in [3.63, 3.8) is 0 Å². The molecule has 0 spiro atoms. The Morgan fingerprint density at radius 2 is 2.09 bits per heavy atom. The molecule has 23 heavy (non-hydrogen) atoms. The maximum Gasteiger partial charge on any atom is 0.272 e. The summed E-state index contributed by atoms with van der Waals surface area (Å²) < 4.78 is 1.97. The number of hydrogen-bond donors (Lipinski definition) is 0. The Morgan fingerprint density at radius 1 is 1.30 bits per heavy atom. The van der Waals surface area contributed by atoms with Gasteiger partial charge < -0.3 is 4.90 Å². The van der Waals surface area contributed by atoms with E-state index in [0.717, 1.165) is 44.5 Å². The molecule has 0 bridgehead atoms. The summed E-state index contributed by atoms with van der Waals surface area (Å²) in [6.07, 6.45) is 8.75. The summed E-state index contributed by atoms with van der Waals surface area (Å²) in [6, 6.07) is 3.88. The number of pyridine rings is 1. The number of hydrogen-bond acceptors (Lipinski definition) is 3. The highest BCUT2D eigenvalue weighted by atomic mass is 16.2. The third-order valence-electron chi connectivity index (χ3n) is 4.68. The molecular formula is C18H24N4O. The van der Waals surface area contributed by atoms with Gasteiger partial charge in [0.15, 0.2) is 0 Å². The van der Waals surface area contributed by atoms with Gasteiger partial charge in [0.25, 0.3) is 5.91 Å². The Kier molecular flexibility index (Phi) is 4.74. The lowest BCUT2D eigenvalue weighted by Gasteiger charge is -2.31. The average Bonchev–Trinajstić information content (AvgIpc) is 3.10. The van der Waals surface area contributed by atoms with Gasteiger partial charge >= 0.3 is 0 Å². The van der Waals surface area contributed by atoms with Crippen LogP contribution >= 0.6 is 0 Å². The van der Waals surface area contributed by atoms with Crippen molar-refractivity contribution in [2.24, 2.45) is 0 Å². The maximum atomic E-state index is 12.6. The summed E-state index contributed by atoms with van der Waals surface area (Å²) in [5.74, 6) is 0.567. The van der Waals surface area contributed by atoms with E-state index in [1.807, 2.05) is 27.9 Å². The van der Waals surface area contributed by atoms with Crippen molar-refractivity contribution in [3.8, 4) is 0 Å². The van der Waals surface area contributed by atoms with Gasteiger partial charge in [-0.3, -0.25) is 14.5 Å². The molecule has 122 valence electrons. The molecule has 0 radical (unpaired) electrons. The SMILES string of the molecule is CCc1ccnc(C(=O)N2CCC(c3cnn(CC)c3)CC2)c1. The summed E-state index contributed by atoms with van der Waals surface area (Å²) in [7, 11) is 0. The second-order valence-corrected chi connectivity index (χ2v) is 6.10. The van der Waals surface area contributed by atoms with Crippen LogP contribution in [0, 0.1) is 0 Å². The predicted octanol–water partition coefficient (Wildman–Crippen LogP) is 2.88. The van der Waals surface area contributed by atoms with Crippen molar-refractivity contribution in [1.29, 1.82) is 0 Å². The van der Waals surface area contributed by atoms with Crippen molar-refractivity contribution in [2.45, 2.75) is 45.6 Å².